The molecule has 0 atom stereocenters. The number of nitrogens with one attached hydrogen (secondary N) is 1. The number of hydrogen-bond donors (Lipinski definition) is 1. The molecule has 0 bridgehead atoms. The van der Waals surface area contributed by atoms with Crippen molar-refractivity contribution in [3.8, 4) is 11.3 Å². The summed E-state index contributed by atoms with van der Waals surface area (Å²) in [5.74, 6) is 0. The third-order valence-corrected chi connectivity index (χ3v) is 6.15. The second kappa shape index (κ2) is 7.24. The molecule has 0 radical (unpaired) electrons. The van der Waals surface area contributed by atoms with Crippen LogP contribution in [0.25, 0.3) is 22.2 Å². The molecule has 0 fully saturated rings. The van der Waals surface area contributed by atoms with E-state index in [1.807, 2.05) is 24.0 Å². The maximum atomic E-state index is 4.85. The van der Waals surface area contributed by atoms with Crippen molar-refractivity contribution in [2.75, 3.05) is 7.05 Å². The molecule has 0 amide bonds. The smallest absolute Gasteiger partial charge is 0.205 e. The molecule has 5 heteroatoms. The van der Waals surface area contributed by atoms with E-state index >= 15 is 0 Å². The van der Waals surface area contributed by atoms with E-state index in [-0.39, 0.29) is 0 Å². The van der Waals surface area contributed by atoms with Crippen molar-refractivity contribution in [3.05, 3.63) is 74.5 Å². The number of fused-ring (bicyclic) bond motifs is 1. The van der Waals surface area contributed by atoms with Crippen molar-refractivity contribution in [2.45, 2.75) is 27.7 Å². The van der Waals surface area contributed by atoms with Crippen LogP contribution in [0.15, 0.2) is 51.9 Å². The van der Waals surface area contributed by atoms with Crippen molar-refractivity contribution in [1.29, 1.82) is 0 Å². The maximum Gasteiger partial charge on any atom is 0.205 e. The lowest BCUT2D eigenvalue weighted by Gasteiger charge is -2.10. The van der Waals surface area contributed by atoms with Gasteiger partial charge < -0.3 is 4.98 Å². The van der Waals surface area contributed by atoms with Crippen molar-refractivity contribution in [2.24, 2.45) is 10.1 Å². The number of thiazole rings is 1. The lowest BCUT2D eigenvalue weighted by atomic mass is 9.99. The van der Waals surface area contributed by atoms with Gasteiger partial charge in [-0.2, -0.15) is 5.10 Å². The van der Waals surface area contributed by atoms with Gasteiger partial charge in [-0.1, -0.05) is 24.3 Å². The number of rotatable bonds is 3. The predicted molar refractivity (Wildman–Crippen MR) is 119 cm³/mol. The lowest BCUT2D eigenvalue weighted by molar-refractivity contribution is 0.847. The van der Waals surface area contributed by atoms with Crippen molar-refractivity contribution < 1.29 is 0 Å². The molecule has 0 unspecified atom stereocenters. The fourth-order valence-corrected chi connectivity index (χ4v) is 4.36. The van der Waals surface area contributed by atoms with E-state index in [1.165, 1.54) is 27.6 Å². The van der Waals surface area contributed by atoms with Crippen LogP contribution in [-0.4, -0.2) is 22.9 Å². The van der Waals surface area contributed by atoms with Gasteiger partial charge in [0.25, 0.3) is 0 Å². The highest BCUT2D eigenvalue weighted by Gasteiger charge is 2.12. The fourth-order valence-electron chi connectivity index (χ4n) is 3.56. The molecule has 0 aliphatic heterocycles. The average Bonchev–Trinajstić information content (AvgIpc) is 3.22. The number of H-pyrrole nitrogens is 1. The minimum Gasteiger partial charge on any atom is -0.358 e. The summed E-state index contributed by atoms with van der Waals surface area (Å²) >= 11 is 1.61. The minimum absolute atomic E-state index is 0.876. The van der Waals surface area contributed by atoms with Crippen LogP contribution < -0.4 is 4.80 Å². The predicted octanol–water partition coefficient (Wildman–Crippen LogP) is 5.34. The van der Waals surface area contributed by atoms with Crippen LogP contribution in [0.2, 0.25) is 0 Å². The Balaban J connectivity index is 1.87. The molecule has 4 aromatic rings. The van der Waals surface area contributed by atoms with Crippen LogP contribution in [0.4, 0.5) is 0 Å². The van der Waals surface area contributed by atoms with Crippen molar-refractivity contribution in [3.63, 3.8) is 0 Å². The van der Waals surface area contributed by atoms with Gasteiger partial charge in [-0.05, 0) is 56.5 Å². The summed E-state index contributed by atoms with van der Waals surface area (Å²) in [6.07, 6.45) is 1.94. The summed E-state index contributed by atoms with van der Waals surface area (Å²) in [4.78, 5) is 8.74. The second-order valence-corrected chi connectivity index (χ2v) is 7.98. The Bertz CT molecular complexity index is 1270. The number of para-hydroxylation sites is 1. The Hall–Kier alpha value is -2.92. The van der Waals surface area contributed by atoms with Crippen LogP contribution in [-0.2, 0) is 0 Å². The summed E-state index contributed by atoms with van der Waals surface area (Å²) < 4.78 is 1.95. The fraction of sp³-hybridized carbons (Fsp3) is 0.217. The van der Waals surface area contributed by atoms with E-state index in [0.29, 0.717) is 0 Å². The molecule has 4 nitrogen and oxygen atoms in total. The van der Waals surface area contributed by atoms with E-state index in [1.54, 1.807) is 11.3 Å². The van der Waals surface area contributed by atoms with Crippen LogP contribution in [0.3, 0.4) is 0 Å². The van der Waals surface area contributed by atoms with Crippen LogP contribution in [0.1, 0.15) is 27.9 Å². The van der Waals surface area contributed by atoms with E-state index in [2.05, 4.69) is 73.4 Å². The first-order valence-electron chi connectivity index (χ1n) is 9.33. The van der Waals surface area contributed by atoms with Gasteiger partial charge in [-0.25, -0.2) is 4.68 Å². The normalized spacial score (nSPS) is 12.5. The zero-order valence-corrected chi connectivity index (χ0v) is 17.7. The quantitative estimate of drug-likeness (QED) is 0.460. The number of aromatic nitrogens is 2. The molecule has 2 aromatic heterocycles. The Morgan fingerprint density at radius 2 is 1.75 bits per heavy atom. The second-order valence-electron chi connectivity index (χ2n) is 7.14. The topological polar surface area (TPSA) is 45.4 Å². The molecule has 2 aromatic carbocycles. The van der Waals surface area contributed by atoms with Gasteiger partial charge in [0.15, 0.2) is 0 Å². The van der Waals surface area contributed by atoms with Gasteiger partial charge in [0.1, 0.15) is 0 Å². The van der Waals surface area contributed by atoms with Gasteiger partial charge in [0, 0.05) is 40.2 Å². The van der Waals surface area contributed by atoms with Gasteiger partial charge in [-0.3, -0.25) is 4.99 Å². The number of hydrogen-bond acceptors (Lipinski definition) is 3. The molecule has 28 heavy (non-hydrogen) atoms. The summed E-state index contributed by atoms with van der Waals surface area (Å²) in [7, 11) is 1.81. The van der Waals surface area contributed by atoms with Crippen molar-refractivity contribution in [1.82, 2.24) is 9.66 Å². The maximum absolute atomic E-state index is 4.85. The summed E-state index contributed by atoms with van der Waals surface area (Å²) in [6, 6.07) is 12.8. The monoisotopic (exact) mass is 388 g/mol. The molecule has 0 saturated heterocycles. The first kappa shape index (κ1) is 18.4. The van der Waals surface area contributed by atoms with Gasteiger partial charge in [0.05, 0.1) is 11.9 Å². The highest BCUT2D eigenvalue weighted by molar-refractivity contribution is 7.07. The summed E-state index contributed by atoms with van der Waals surface area (Å²) in [5.41, 5.74) is 9.45. The van der Waals surface area contributed by atoms with Crippen LogP contribution >= 0.6 is 11.3 Å². The third kappa shape index (κ3) is 3.12. The molecule has 2 heterocycles. The van der Waals surface area contributed by atoms with E-state index in [0.717, 1.165) is 27.3 Å². The standard InChI is InChI=1S/C23H24N4S/c1-14-10-16(3)19(11-15(14)2)22-13-28-23(24-5)27(22)25-12-20-17(4)26-21-9-7-6-8-18(20)21/h6-13,26H,1-5H3. The van der Waals surface area contributed by atoms with Gasteiger partial charge in [-0.15, -0.1) is 11.3 Å². The number of nitrogens with zero attached hydrogens (tertiary/aromatic N) is 3. The molecule has 0 aliphatic carbocycles. The molecule has 4 rings (SSSR count). The Morgan fingerprint density at radius 1 is 1.00 bits per heavy atom. The zero-order chi connectivity index (χ0) is 19.8. The van der Waals surface area contributed by atoms with Gasteiger partial charge >= 0.3 is 0 Å². The number of benzene rings is 2. The summed E-state index contributed by atoms with van der Waals surface area (Å²) in [6.45, 7) is 8.54. The third-order valence-electron chi connectivity index (χ3n) is 5.24. The zero-order valence-electron chi connectivity index (χ0n) is 16.9. The number of aryl methyl sites for hydroxylation is 4. The van der Waals surface area contributed by atoms with E-state index < -0.39 is 0 Å². The Morgan fingerprint density at radius 3 is 2.54 bits per heavy atom. The van der Waals surface area contributed by atoms with E-state index in [4.69, 9.17) is 5.10 Å². The highest BCUT2D eigenvalue weighted by atomic mass is 32.1. The van der Waals surface area contributed by atoms with Crippen LogP contribution in [0.5, 0.6) is 0 Å². The molecule has 1 N–H and O–H groups in total. The minimum atomic E-state index is 0.876. The SMILES string of the molecule is CN=c1scc(-c2cc(C)c(C)cc2C)n1N=Cc1c(C)[nH]c2ccccc12. The largest absolute Gasteiger partial charge is 0.358 e. The van der Waals surface area contributed by atoms with Crippen molar-refractivity contribution >= 4 is 28.5 Å². The van der Waals surface area contributed by atoms with Gasteiger partial charge in [0.2, 0.25) is 4.80 Å². The Kier molecular flexibility index (Phi) is 4.77. The molecular formula is C23H24N4S. The first-order valence-corrected chi connectivity index (χ1v) is 10.2. The summed E-state index contributed by atoms with van der Waals surface area (Å²) in [5, 5.41) is 8.17. The highest BCUT2D eigenvalue weighted by Crippen LogP contribution is 2.27. The molecular weight excluding hydrogens is 364 g/mol. The van der Waals surface area contributed by atoms with E-state index in [9.17, 15) is 0 Å². The molecule has 0 aliphatic rings. The van der Waals surface area contributed by atoms with Crippen LogP contribution in [0, 0.1) is 27.7 Å². The average molecular weight is 389 g/mol. The molecule has 0 spiro atoms. The lowest BCUT2D eigenvalue weighted by Crippen LogP contribution is -2.12. The molecule has 142 valence electrons. The Labute approximate surface area is 168 Å². The first-order chi connectivity index (χ1) is 13.5. The molecule has 0 saturated carbocycles. The number of aromatic amines is 1.